The van der Waals surface area contributed by atoms with Gasteiger partial charge in [-0.2, -0.15) is 0 Å². The van der Waals surface area contributed by atoms with Gasteiger partial charge in [-0.1, -0.05) is 0 Å². The Morgan fingerprint density at radius 3 is 3.27 bits per heavy atom. The van der Waals surface area contributed by atoms with Crippen molar-refractivity contribution >= 4 is 18.3 Å². The van der Waals surface area contributed by atoms with Crippen LogP contribution in [0.15, 0.2) is 17.3 Å². The third-order valence-electron chi connectivity index (χ3n) is 2.18. The van der Waals surface area contributed by atoms with E-state index in [-0.39, 0.29) is 0 Å². The lowest BCUT2D eigenvalue weighted by atomic mass is 10.2. The summed E-state index contributed by atoms with van der Waals surface area (Å²) >= 11 is 0. The fraction of sp³-hybridized carbons (Fsp3) is 0.300. The zero-order valence-electron chi connectivity index (χ0n) is 8.34. The van der Waals surface area contributed by atoms with Crippen molar-refractivity contribution in [1.82, 2.24) is 4.98 Å². The van der Waals surface area contributed by atoms with Crippen LogP contribution in [0.4, 0.5) is 5.82 Å². The number of methoxy groups -OCH3 is 1. The molecule has 1 aromatic rings. The maximum absolute atomic E-state index is 8.89. The number of fused-ring (bicyclic) bond motifs is 1. The van der Waals surface area contributed by atoms with Crippen molar-refractivity contribution in [2.24, 2.45) is 4.99 Å². The second-order valence-electron chi connectivity index (χ2n) is 3.16. The highest BCUT2D eigenvalue weighted by Crippen LogP contribution is 2.21. The summed E-state index contributed by atoms with van der Waals surface area (Å²) in [5, 5.41) is 2.99. The molecule has 2 N–H and O–H groups in total. The largest absolute Gasteiger partial charge is 0.495 e. The van der Waals surface area contributed by atoms with Crippen LogP contribution in [0.3, 0.4) is 0 Å². The lowest BCUT2D eigenvalue weighted by Crippen LogP contribution is -2.18. The molecule has 78 valence electrons. The van der Waals surface area contributed by atoms with Crippen molar-refractivity contribution in [3.05, 3.63) is 17.8 Å². The van der Waals surface area contributed by atoms with Gasteiger partial charge in [0.05, 0.1) is 13.3 Å². The van der Waals surface area contributed by atoms with Crippen molar-refractivity contribution in [2.45, 2.75) is 12.6 Å². The fourth-order valence-electron chi connectivity index (χ4n) is 1.40. The van der Waals surface area contributed by atoms with Crippen LogP contribution in [0, 0.1) is 0 Å². The average Bonchev–Trinajstić information content (AvgIpc) is 2.49. The number of aromatic nitrogens is 1. The molecule has 0 spiro atoms. The lowest BCUT2D eigenvalue weighted by molar-refractivity contribution is 0.412. The highest BCUT2D eigenvalue weighted by atomic mass is 16.5. The first-order chi connectivity index (χ1) is 7.33. The molecule has 0 aliphatic carbocycles. The Hall–Kier alpha value is -1.91. The average molecular weight is 206 g/mol. The minimum Gasteiger partial charge on any atom is -0.495 e. The normalized spacial score (nSPS) is 18.6. The number of rotatable bonds is 2. The van der Waals surface area contributed by atoms with Gasteiger partial charge in [-0.3, -0.25) is 9.79 Å². The number of nitrogens with zero attached hydrogens (tertiary/aromatic N) is 2. The molecule has 5 heteroatoms. The summed E-state index contributed by atoms with van der Waals surface area (Å²) in [5.41, 5.74) is 1.00. The van der Waals surface area contributed by atoms with E-state index in [1.165, 1.54) is 0 Å². The molecule has 1 aliphatic heterocycles. The summed E-state index contributed by atoms with van der Waals surface area (Å²) in [6.07, 6.45) is 4.63. The van der Waals surface area contributed by atoms with Crippen LogP contribution in [0.2, 0.25) is 0 Å². The van der Waals surface area contributed by atoms with Crippen molar-refractivity contribution in [3.8, 4) is 5.75 Å². The van der Waals surface area contributed by atoms with Gasteiger partial charge in [0.2, 0.25) is 6.17 Å². The Bertz CT molecular complexity index is 404. The van der Waals surface area contributed by atoms with Crippen molar-refractivity contribution < 1.29 is 9.53 Å². The Labute approximate surface area is 87.2 Å². The maximum atomic E-state index is 8.89. The molecule has 2 heterocycles. The van der Waals surface area contributed by atoms with E-state index in [1.54, 1.807) is 19.5 Å². The molecule has 0 amide bonds. The predicted molar refractivity (Wildman–Crippen MR) is 58.4 cm³/mol. The first-order valence-electron chi connectivity index (χ1n) is 4.62. The first-order valence-corrected chi connectivity index (χ1v) is 4.62. The Kier molecular flexibility index (Phi) is 2.62. The molecule has 1 atom stereocenters. The van der Waals surface area contributed by atoms with Crippen LogP contribution in [0.25, 0.3) is 0 Å². The summed E-state index contributed by atoms with van der Waals surface area (Å²) in [6.45, 7) is 0. The van der Waals surface area contributed by atoms with E-state index in [2.05, 4.69) is 15.3 Å². The molecule has 0 radical (unpaired) electrons. The number of aliphatic imine (C=N–C) groups is 1. The lowest BCUT2D eigenvalue weighted by Gasteiger charge is -2.08. The standard InChI is InChI=1S/C10H11N3O2/c1-15-8-4-7-2-3-11-9(6-14)13-10(7)12-5-8/h3-6,9H,2H2,1H3,(H,12,13)/p+1. The van der Waals surface area contributed by atoms with Gasteiger partial charge in [0.15, 0.2) is 0 Å². The summed E-state index contributed by atoms with van der Waals surface area (Å²) < 4.78 is 5.08. The third-order valence-corrected chi connectivity index (χ3v) is 2.18. The first kappa shape index (κ1) is 9.64. The minimum absolute atomic E-state index is 0.424. The molecular formula is C10H12N3O2+. The monoisotopic (exact) mass is 206 g/mol. The molecule has 0 saturated heterocycles. The number of pyridine rings is 1. The molecule has 1 aliphatic rings. The zero-order valence-corrected chi connectivity index (χ0v) is 8.34. The summed E-state index contributed by atoms with van der Waals surface area (Å²) in [7, 11) is 1.60. The number of ether oxygens (including phenoxy) is 1. The molecule has 1 unspecified atom stereocenters. The van der Waals surface area contributed by atoms with E-state index in [0.717, 1.165) is 23.4 Å². The van der Waals surface area contributed by atoms with Gasteiger partial charge in [-0.25, -0.2) is 4.98 Å². The molecule has 1 aromatic heterocycles. The molecular weight excluding hydrogens is 194 g/mol. The van der Waals surface area contributed by atoms with Crippen molar-refractivity contribution in [3.63, 3.8) is 0 Å². The van der Waals surface area contributed by atoms with Crippen LogP contribution in [-0.2, 0) is 6.42 Å². The van der Waals surface area contributed by atoms with Crippen molar-refractivity contribution in [1.29, 1.82) is 0 Å². The minimum atomic E-state index is -0.424. The second kappa shape index (κ2) is 4.08. The van der Waals surface area contributed by atoms with Crippen LogP contribution in [0.5, 0.6) is 5.75 Å². The van der Waals surface area contributed by atoms with Crippen LogP contribution >= 0.6 is 0 Å². The molecule has 0 fully saturated rings. The van der Waals surface area contributed by atoms with E-state index in [1.807, 2.05) is 6.07 Å². The quantitative estimate of drug-likeness (QED) is 0.570. The highest BCUT2D eigenvalue weighted by molar-refractivity contribution is 5.74. The number of anilines is 1. The number of carbonyl (C=O) groups excluding carboxylic acids is 1. The van der Waals surface area contributed by atoms with Gasteiger partial charge in [0.25, 0.3) is 0 Å². The Morgan fingerprint density at radius 1 is 1.67 bits per heavy atom. The predicted octanol–water partition coefficient (Wildman–Crippen LogP) is 0.630. The van der Waals surface area contributed by atoms with Crippen LogP contribution in [-0.4, -0.2) is 35.6 Å². The Balaban J connectivity index is 2.34. The summed E-state index contributed by atoms with van der Waals surface area (Å²) in [6, 6.07) is 1.90. The smallest absolute Gasteiger partial charge is 0.326 e. The van der Waals surface area contributed by atoms with E-state index in [0.29, 0.717) is 6.42 Å². The van der Waals surface area contributed by atoms with E-state index in [4.69, 9.17) is 9.53 Å². The topological polar surface area (TPSA) is 67.9 Å². The van der Waals surface area contributed by atoms with Gasteiger partial charge in [-0.05, 0) is 6.07 Å². The van der Waals surface area contributed by atoms with E-state index >= 15 is 0 Å². The summed E-state index contributed by atoms with van der Waals surface area (Å²) in [5.74, 6) is 1.44. The van der Waals surface area contributed by atoms with Gasteiger partial charge >= 0.3 is 6.29 Å². The van der Waals surface area contributed by atoms with Gasteiger partial charge in [0.1, 0.15) is 11.6 Å². The number of hydrogen-bond acceptors (Lipinski definition) is 4. The highest BCUT2D eigenvalue weighted by Gasteiger charge is 2.15. The third kappa shape index (κ3) is 1.96. The molecule has 15 heavy (non-hydrogen) atoms. The second-order valence-corrected chi connectivity index (χ2v) is 3.16. The van der Waals surface area contributed by atoms with Crippen LogP contribution in [0.1, 0.15) is 5.56 Å². The van der Waals surface area contributed by atoms with Gasteiger partial charge < -0.3 is 10.1 Å². The molecule has 5 nitrogen and oxygen atoms in total. The number of aldehydes is 1. The SMILES string of the molecule is COc1cnc2c(c1)CC=NC(C=[OH+])N2. The zero-order chi connectivity index (χ0) is 10.7. The van der Waals surface area contributed by atoms with Gasteiger partial charge in [0, 0.05) is 18.2 Å². The summed E-state index contributed by atoms with van der Waals surface area (Å²) in [4.78, 5) is 17.2. The van der Waals surface area contributed by atoms with Crippen molar-refractivity contribution in [2.75, 3.05) is 12.4 Å². The molecule has 0 saturated carbocycles. The molecule has 2 rings (SSSR count). The van der Waals surface area contributed by atoms with E-state index in [9.17, 15) is 0 Å². The Morgan fingerprint density at radius 2 is 2.53 bits per heavy atom. The fourth-order valence-corrected chi connectivity index (χ4v) is 1.40. The molecule has 0 bridgehead atoms. The maximum Gasteiger partial charge on any atom is 0.326 e. The van der Waals surface area contributed by atoms with Crippen LogP contribution < -0.4 is 10.1 Å². The number of hydrogen-bond donors (Lipinski definition) is 1. The van der Waals surface area contributed by atoms with E-state index < -0.39 is 6.17 Å². The van der Waals surface area contributed by atoms with Gasteiger partial charge in [-0.15, -0.1) is 0 Å². The number of nitrogens with one attached hydrogen (secondary N) is 1. The molecule has 0 aromatic carbocycles.